The molecule has 0 atom stereocenters. The molecule has 0 unspecified atom stereocenters. The molecule has 1 rings (SSSR count). The molecular weight excluding hydrogens is 277 g/mol. The van der Waals surface area contributed by atoms with Crippen molar-refractivity contribution < 1.29 is 36.6 Å². The fourth-order valence-electron chi connectivity index (χ4n) is 1.44. The largest absolute Gasteiger partial charge is 0.496 e. The highest BCUT2D eigenvalue weighted by Crippen LogP contribution is 2.39. The van der Waals surface area contributed by atoms with E-state index in [2.05, 4.69) is 9.72 Å². The van der Waals surface area contributed by atoms with E-state index < -0.39 is 47.7 Å². The van der Waals surface area contributed by atoms with Crippen molar-refractivity contribution in [1.29, 1.82) is 0 Å². The Bertz CT molecular complexity index is 487. The molecule has 0 amide bonds. The normalized spacial score (nSPS) is 11.7. The Hall–Kier alpha value is -1.93. The van der Waals surface area contributed by atoms with Crippen LogP contribution in [0.1, 0.15) is 23.4 Å². The number of ether oxygens (including phenoxy) is 1. The zero-order chi connectivity index (χ0) is 14.8. The zero-order valence-corrected chi connectivity index (χ0v) is 9.46. The molecule has 0 fully saturated rings. The van der Waals surface area contributed by atoms with Crippen LogP contribution in [0.3, 0.4) is 0 Å². The maximum absolute atomic E-state index is 12.8. The van der Waals surface area contributed by atoms with Gasteiger partial charge in [-0.1, -0.05) is 0 Å². The summed E-state index contributed by atoms with van der Waals surface area (Å²) in [6.07, 6.45) is -9.22. The van der Waals surface area contributed by atoms with Gasteiger partial charge in [0.2, 0.25) is 0 Å². The average Bonchev–Trinajstić information content (AvgIpc) is 2.25. The highest BCUT2D eigenvalue weighted by molar-refractivity contribution is 5.70. The molecule has 1 N–H and O–H groups in total. The Morgan fingerprint density at radius 3 is 2.42 bits per heavy atom. The molecule has 1 aromatic rings. The Balaban J connectivity index is 3.52. The van der Waals surface area contributed by atoms with E-state index in [-0.39, 0.29) is 0 Å². The third-order valence-corrected chi connectivity index (χ3v) is 2.12. The van der Waals surface area contributed by atoms with E-state index in [1.165, 1.54) is 0 Å². The minimum Gasteiger partial charge on any atom is -0.496 e. The summed E-state index contributed by atoms with van der Waals surface area (Å²) in [4.78, 5) is 13.5. The van der Waals surface area contributed by atoms with E-state index in [4.69, 9.17) is 5.11 Å². The molecule has 0 spiro atoms. The van der Waals surface area contributed by atoms with Crippen LogP contribution in [0.15, 0.2) is 6.07 Å². The molecule has 0 saturated carbocycles. The lowest BCUT2D eigenvalue weighted by Crippen LogP contribution is -2.17. The van der Waals surface area contributed by atoms with E-state index >= 15 is 0 Å². The molecule has 0 bridgehead atoms. The SMILES string of the molecule is COc1cc(C(F)F)nc(CC(=O)O)c1C(F)(F)F. The maximum atomic E-state index is 12.8. The van der Waals surface area contributed by atoms with Gasteiger partial charge < -0.3 is 9.84 Å². The first-order chi connectivity index (χ1) is 8.66. The standard InChI is InChI=1S/C10H8F5NO3/c1-19-6-2-5(9(11)12)16-4(3-7(17)18)8(6)10(13,14)15/h2,9H,3H2,1H3,(H,17,18). The van der Waals surface area contributed by atoms with E-state index in [1.54, 1.807) is 0 Å². The predicted molar refractivity (Wildman–Crippen MR) is 52.1 cm³/mol. The molecule has 0 aliphatic rings. The van der Waals surface area contributed by atoms with Gasteiger partial charge in [0.05, 0.1) is 19.2 Å². The molecular formula is C10H8F5NO3. The van der Waals surface area contributed by atoms with Crippen LogP contribution in [0.4, 0.5) is 22.0 Å². The molecule has 0 aromatic carbocycles. The first kappa shape index (κ1) is 15.1. The average molecular weight is 285 g/mol. The molecule has 0 radical (unpaired) electrons. The number of rotatable bonds is 4. The number of carbonyl (C=O) groups is 1. The number of hydrogen-bond donors (Lipinski definition) is 1. The first-order valence-corrected chi connectivity index (χ1v) is 4.81. The van der Waals surface area contributed by atoms with Crippen LogP contribution in [0, 0.1) is 0 Å². The van der Waals surface area contributed by atoms with Crippen molar-refractivity contribution in [3.05, 3.63) is 23.0 Å². The van der Waals surface area contributed by atoms with E-state index in [1.807, 2.05) is 0 Å². The van der Waals surface area contributed by atoms with Gasteiger partial charge in [0.25, 0.3) is 6.43 Å². The molecule has 1 aromatic heterocycles. The first-order valence-electron chi connectivity index (χ1n) is 4.81. The van der Waals surface area contributed by atoms with E-state index in [0.717, 1.165) is 7.11 Å². The van der Waals surface area contributed by atoms with Gasteiger partial charge in [-0.05, 0) is 0 Å². The zero-order valence-electron chi connectivity index (χ0n) is 9.46. The molecule has 9 heteroatoms. The number of methoxy groups -OCH3 is 1. The summed E-state index contributed by atoms with van der Waals surface area (Å²) in [6.45, 7) is 0. The molecule has 0 aliphatic carbocycles. The summed E-state index contributed by atoms with van der Waals surface area (Å²) >= 11 is 0. The second kappa shape index (κ2) is 5.37. The summed E-state index contributed by atoms with van der Waals surface area (Å²) in [5, 5.41) is 8.51. The van der Waals surface area contributed by atoms with Crippen molar-refractivity contribution in [2.45, 2.75) is 19.0 Å². The van der Waals surface area contributed by atoms with Crippen LogP contribution in [-0.2, 0) is 17.4 Å². The van der Waals surface area contributed by atoms with E-state index in [9.17, 15) is 26.7 Å². The maximum Gasteiger partial charge on any atom is 0.421 e. The molecule has 0 saturated heterocycles. The van der Waals surface area contributed by atoms with Crippen LogP contribution in [0.25, 0.3) is 0 Å². The lowest BCUT2D eigenvalue weighted by molar-refractivity contribution is -0.141. The number of carboxylic acids is 1. The fraction of sp³-hybridized carbons (Fsp3) is 0.400. The molecule has 0 aliphatic heterocycles. The molecule has 1 heterocycles. The van der Waals surface area contributed by atoms with Crippen LogP contribution >= 0.6 is 0 Å². The lowest BCUT2D eigenvalue weighted by atomic mass is 10.1. The smallest absolute Gasteiger partial charge is 0.421 e. The van der Waals surface area contributed by atoms with Crippen molar-refractivity contribution >= 4 is 5.97 Å². The van der Waals surface area contributed by atoms with E-state index in [0.29, 0.717) is 6.07 Å². The highest BCUT2D eigenvalue weighted by atomic mass is 19.4. The predicted octanol–water partition coefficient (Wildman–Crippen LogP) is 2.67. The molecule has 19 heavy (non-hydrogen) atoms. The number of carboxylic acid groups (broad SMARTS) is 1. The van der Waals surface area contributed by atoms with Crippen LogP contribution in [-0.4, -0.2) is 23.2 Å². The second-order valence-electron chi connectivity index (χ2n) is 3.44. The quantitative estimate of drug-likeness (QED) is 0.864. The summed E-state index contributed by atoms with van der Waals surface area (Å²) in [5.41, 5.74) is -3.43. The van der Waals surface area contributed by atoms with Gasteiger partial charge in [0, 0.05) is 6.07 Å². The Morgan fingerprint density at radius 1 is 1.47 bits per heavy atom. The van der Waals surface area contributed by atoms with Crippen LogP contribution < -0.4 is 4.74 Å². The third kappa shape index (κ3) is 3.52. The summed E-state index contributed by atoms with van der Waals surface area (Å²) in [5.74, 6) is -2.50. The monoisotopic (exact) mass is 285 g/mol. The Morgan fingerprint density at radius 2 is 2.05 bits per heavy atom. The van der Waals surface area contributed by atoms with Crippen LogP contribution in [0.5, 0.6) is 5.75 Å². The molecule has 4 nitrogen and oxygen atoms in total. The van der Waals surface area contributed by atoms with Gasteiger partial charge in [0.15, 0.2) is 0 Å². The Labute approximate surface area is 103 Å². The van der Waals surface area contributed by atoms with Crippen molar-refractivity contribution in [2.24, 2.45) is 0 Å². The third-order valence-electron chi connectivity index (χ3n) is 2.12. The number of alkyl halides is 5. The van der Waals surface area contributed by atoms with Gasteiger partial charge >= 0.3 is 12.1 Å². The minimum absolute atomic E-state index is 0.443. The van der Waals surface area contributed by atoms with Crippen molar-refractivity contribution in [3.63, 3.8) is 0 Å². The van der Waals surface area contributed by atoms with Crippen molar-refractivity contribution in [3.8, 4) is 5.75 Å². The van der Waals surface area contributed by atoms with Crippen molar-refractivity contribution in [2.75, 3.05) is 7.11 Å². The summed E-state index contributed by atoms with van der Waals surface area (Å²) in [7, 11) is 0.865. The van der Waals surface area contributed by atoms with Crippen molar-refractivity contribution in [1.82, 2.24) is 4.98 Å². The topological polar surface area (TPSA) is 59.4 Å². The number of aliphatic carboxylic acids is 1. The Kier molecular flexibility index (Phi) is 4.28. The number of halogens is 5. The van der Waals surface area contributed by atoms with Gasteiger partial charge in [-0.3, -0.25) is 9.78 Å². The number of nitrogens with zero attached hydrogens (tertiary/aromatic N) is 1. The number of pyridine rings is 1. The van der Waals surface area contributed by atoms with Gasteiger partial charge in [-0.2, -0.15) is 13.2 Å². The fourth-order valence-corrected chi connectivity index (χ4v) is 1.44. The van der Waals surface area contributed by atoms with Gasteiger partial charge in [-0.25, -0.2) is 8.78 Å². The number of hydrogen-bond acceptors (Lipinski definition) is 3. The van der Waals surface area contributed by atoms with Crippen LogP contribution in [0.2, 0.25) is 0 Å². The second-order valence-corrected chi connectivity index (χ2v) is 3.44. The minimum atomic E-state index is -4.95. The number of aromatic nitrogens is 1. The van der Waals surface area contributed by atoms with Gasteiger partial charge in [0.1, 0.15) is 17.0 Å². The molecule has 106 valence electrons. The lowest BCUT2D eigenvalue weighted by Gasteiger charge is -2.16. The highest BCUT2D eigenvalue weighted by Gasteiger charge is 2.39. The summed E-state index contributed by atoms with van der Waals surface area (Å²) < 4.78 is 67.7. The summed E-state index contributed by atoms with van der Waals surface area (Å²) in [6, 6.07) is 0.443. The van der Waals surface area contributed by atoms with Gasteiger partial charge in [-0.15, -0.1) is 0 Å².